The van der Waals surface area contributed by atoms with Gasteiger partial charge in [0.1, 0.15) is 23.3 Å². The van der Waals surface area contributed by atoms with Gasteiger partial charge in [-0.3, -0.25) is 0 Å². The maximum absolute atomic E-state index is 5.27. The Morgan fingerprint density at radius 2 is 0.893 bits per heavy atom. The smallest absolute Gasteiger partial charge is 0.139 e. The lowest BCUT2D eigenvalue weighted by Gasteiger charge is -2.12. The van der Waals surface area contributed by atoms with Crippen LogP contribution < -0.4 is 11.5 Å². The van der Waals surface area contributed by atoms with Crippen LogP contribution in [-0.2, 0) is 0 Å². The predicted molar refractivity (Wildman–Crippen MR) is 115 cm³/mol. The number of aromatic nitrogens is 4. The third-order valence-electron chi connectivity index (χ3n) is 4.51. The van der Waals surface area contributed by atoms with Crippen molar-refractivity contribution in [2.75, 3.05) is 11.5 Å². The molecule has 4 N–H and O–H groups in total. The summed E-state index contributed by atoms with van der Waals surface area (Å²) in [6.45, 7) is 8.42. The van der Waals surface area contributed by atoms with Gasteiger partial charge < -0.3 is 20.6 Å². The van der Waals surface area contributed by atoms with Crippen LogP contribution in [0.4, 0.5) is 11.6 Å². The molecule has 4 heterocycles. The molecule has 6 nitrogen and oxygen atoms in total. The Hall–Kier alpha value is -3.54. The molecule has 0 aliphatic carbocycles. The van der Waals surface area contributed by atoms with Crippen molar-refractivity contribution in [1.29, 1.82) is 0 Å². The zero-order valence-corrected chi connectivity index (χ0v) is 16.7. The second-order valence-electron chi connectivity index (χ2n) is 6.74. The predicted octanol–water partition coefficient (Wildman–Crippen LogP) is 4.14. The van der Waals surface area contributed by atoms with Gasteiger partial charge in [0.25, 0.3) is 0 Å². The lowest BCUT2D eigenvalue weighted by atomic mass is 10.4. The van der Waals surface area contributed by atoms with E-state index in [0.717, 1.165) is 11.6 Å². The van der Waals surface area contributed by atoms with E-state index in [4.69, 9.17) is 16.5 Å². The first-order valence-electron chi connectivity index (χ1n) is 9.12. The van der Waals surface area contributed by atoms with Crippen LogP contribution in [0.5, 0.6) is 0 Å². The van der Waals surface area contributed by atoms with Crippen LogP contribution >= 0.6 is 0 Å². The summed E-state index contributed by atoms with van der Waals surface area (Å²) in [5.74, 6) is 2.86. The first-order chi connectivity index (χ1) is 13.4. The number of hydrogen-bond donors (Lipinski definition) is 2. The number of anilines is 2. The number of nitrogens with two attached hydrogens (primary N) is 2. The van der Waals surface area contributed by atoms with Gasteiger partial charge in [-0.25, -0.2) is 9.97 Å². The second kappa shape index (κ2) is 8.00. The van der Waals surface area contributed by atoms with E-state index in [9.17, 15) is 0 Å². The fourth-order valence-electron chi connectivity index (χ4n) is 3.19. The van der Waals surface area contributed by atoms with E-state index in [0.29, 0.717) is 11.6 Å². The lowest BCUT2D eigenvalue weighted by molar-refractivity contribution is 0.873. The van der Waals surface area contributed by atoms with Crippen molar-refractivity contribution < 1.29 is 0 Å². The lowest BCUT2D eigenvalue weighted by Crippen LogP contribution is -2.06. The molecule has 6 heteroatoms. The third-order valence-corrected chi connectivity index (χ3v) is 4.51. The van der Waals surface area contributed by atoms with Gasteiger partial charge in [0.15, 0.2) is 0 Å². The van der Waals surface area contributed by atoms with E-state index < -0.39 is 0 Å². The first-order valence-corrected chi connectivity index (χ1v) is 9.12. The molecule has 0 spiro atoms. The van der Waals surface area contributed by atoms with Gasteiger partial charge in [0.05, 0.1) is 0 Å². The average molecular weight is 374 g/mol. The minimum atomic E-state index is 0.463. The molecule has 0 bridgehead atoms. The molecule has 0 unspecified atom stereocenters. The van der Waals surface area contributed by atoms with Crippen LogP contribution in [0.15, 0.2) is 60.7 Å². The zero-order valence-electron chi connectivity index (χ0n) is 16.7. The third kappa shape index (κ3) is 4.06. The number of aryl methyl sites for hydroxylation is 4. The van der Waals surface area contributed by atoms with E-state index >= 15 is 0 Å². The van der Waals surface area contributed by atoms with Crippen LogP contribution in [0, 0.1) is 27.7 Å². The quantitative estimate of drug-likeness (QED) is 0.552. The van der Waals surface area contributed by atoms with E-state index in [2.05, 4.69) is 84.3 Å². The van der Waals surface area contributed by atoms with Crippen LogP contribution in [0.25, 0.3) is 11.6 Å². The highest BCUT2D eigenvalue weighted by atomic mass is 15.1. The Bertz CT molecular complexity index is 972. The molecule has 0 saturated heterocycles. The SMILES string of the molecule is Cc1ccc(C)n1-c1cccc(-n2c(C)ccc2C)n1.Nc1cccc(N)n1. The molecule has 28 heavy (non-hydrogen) atoms. The molecule has 0 amide bonds. The standard InChI is InChI=1S/C17H19N3.C5H7N3/c1-12-8-9-13(2)19(12)16-6-5-7-17(18-16)20-14(3)10-11-15(20)4;6-4-2-1-3-5(7)8-4/h5-11H,1-4H3;1-3H,(H4,6,7,8). The number of nitrogen functional groups attached to an aromatic ring is 2. The molecule has 0 atom stereocenters. The molecular weight excluding hydrogens is 348 g/mol. The highest BCUT2D eigenvalue weighted by Gasteiger charge is 2.09. The van der Waals surface area contributed by atoms with Gasteiger partial charge in [-0.2, -0.15) is 0 Å². The van der Waals surface area contributed by atoms with Crippen LogP contribution in [0.1, 0.15) is 22.8 Å². The Morgan fingerprint density at radius 1 is 0.536 bits per heavy atom. The van der Waals surface area contributed by atoms with E-state index in [1.54, 1.807) is 18.2 Å². The molecule has 0 aromatic carbocycles. The van der Waals surface area contributed by atoms with Gasteiger partial charge in [-0.05, 0) is 76.2 Å². The number of hydrogen-bond acceptors (Lipinski definition) is 4. The van der Waals surface area contributed by atoms with Gasteiger partial charge in [0.2, 0.25) is 0 Å². The monoisotopic (exact) mass is 374 g/mol. The number of rotatable bonds is 2. The van der Waals surface area contributed by atoms with Crippen molar-refractivity contribution in [1.82, 2.24) is 19.1 Å². The van der Waals surface area contributed by atoms with Gasteiger partial charge in [-0.1, -0.05) is 12.1 Å². The number of pyridine rings is 2. The maximum Gasteiger partial charge on any atom is 0.139 e. The Morgan fingerprint density at radius 3 is 1.21 bits per heavy atom. The minimum Gasteiger partial charge on any atom is -0.384 e. The summed E-state index contributed by atoms with van der Waals surface area (Å²) in [5.41, 5.74) is 15.3. The van der Waals surface area contributed by atoms with Gasteiger partial charge in [-0.15, -0.1) is 0 Å². The van der Waals surface area contributed by atoms with Crippen molar-refractivity contribution in [3.05, 3.63) is 83.4 Å². The Kier molecular flexibility index (Phi) is 5.49. The summed E-state index contributed by atoms with van der Waals surface area (Å²) in [6.07, 6.45) is 0. The van der Waals surface area contributed by atoms with Crippen LogP contribution in [0.3, 0.4) is 0 Å². The molecule has 0 aliphatic heterocycles. The summed E-state index contributed by atoms with van der Waals surface area (Å²) < 4.78 is 4.36. The number of nitrogens with zero attached hydrogens (tertiary/aromatic N) is 4. The molecule has 4 aromatic heterocycles. The Balaban J connectivity index is 0.000000236. The van der Waals surface area contributed by atoms with Crippen molar-refractivity contribution in [3.63, 3.8) is 0 Å². The van der Waals surface area contributed by atoms with E-state index in [1.165, 1.54) is 22.8 Å². The summed E-state index contributed by atoms with van der Waals surface area (Å²) in [5, 5.41) is 0. The van der Waals surface area contributed by atoms with Crippen LogP contribution in [0.2, 0.25) is 0 Å². The van der Waals surface area contributed by atoms with Crippen molar-refractivity contribution in [3.8, 4) is 11.6 Å². The van der Waals surface area contributed by atoms with Gasteiger partial charge >= 0.3 is 0 Å². The summed E-state index contributed by atoms with van der Waals surface area (Å²) >= 11 is 0. The zero-order chi connectivity index (χ0) is 20.3. The van der Waals surface area contributed by atoms with Crippen molar-refractivity contribution in [2.45, 2.75) is 27.7 Å². The minimum absolute atomic E-state index is 0.463. The van der Waals surface area contributed by atoms with Gasteiger partial charge in [0, 0.05) is 22.8 Å². The summed E-state index contributed by atoms with van der Waals surface area (Å²) in [4.78, 5) is 8.56. The molecule has 0 fully saturated rings. The molecular formula is C22H26N6. The highest BCUT2D eigenvalue weighted by Crippen LogP contribution is 2.18. The molecule has 4 aromatic rings. The topological polar surface area (TPSA) is 87.7 Å². The molecule has 0 radical (unpaired) electrons. The fraction of sp³-hybridized carbons (Fsp3) is 0.182. The normalized spacial score (nSPS) is 10.4. The molecule has 144 valence electrons. The summed E-state index contributed by atoms with van der Waals surface area (Å²) in [7, 11) is 0. The second-order valence-corrected chi connectivity index (χ2v) is 6.74. The van der Waals surface area contributed by atoms with E-state index in [-0.39, 0.29) is 0 Å². The average Bonchev–Trinajstić information content (AvgIpc) is 3.16. The van der Waals surface area contributed by atoms with E-state index in [1.807, 2.05) is 0 Å². The maximum atomic E-state index is 5.27. The fourth-order valence-corrected chi connectivity index (χ4v) is 3.19. The van der Waals surface area contributed by atoms with Crippen molar-refractivity contribution >= 4 is 11.6 Å². The largest absolute Gasteiger partial charge is 0.384 e. The molecule has 4 rings (SSSR count). The first kappa shape index (κ1) is 19.2. The van der Waals surface area contributed by atoms with Crippen molar-refractivity contribution in [2.24, 2.45) is 0 Å². The van der Waals surface area contributed by atoms with Crippen LogP contribution in [-0.4, -0.2) is 19.1 Å². The summed E-state index contributed by atoms with van der Waals surface area (Å²) in [6, 6.07) is 19.8. The highest BCUT2D eigenvalue weighted by molar-refractivity contribution is 5.39. The molecule has 0 aliphatic rings. The Labute approximate surface area is 165 Å². The molecule has 0 saturated carbocycles.